The quantitative estimate of drug-likeness (QED) is 0.830. The number of fused-ring (bicyclic) bond motifs is 1. The number of carbonyl (C=O) groups is 1. The molecule has 0 spiro atoms. The summed E-state index contributed by atoms with van der Waals surface area (Å²) in [7, 11) is 0. The van der Waals surface area contributed by atoms with Crippen LogP contribution >= 0.6 is 11.8 Å². The molecule has 0 bridgehead atoms. The van der Waals surface area contributed by atoms with E-state index < -0.39 is 0 Å². The molecular formula is C12H15NO2S. The molecule has 0 saturated heterocycles. The van der Waals surface area contributed by atoms with Gasteiger partial charge in [-0.25, -0.2) is 0 Å². The first kappa shape index (κ1) is 11.5. The molecule has 1 aromatic carbocycles. The Morgan fingerprint density at radius 3 is 3.06 bits per heavy atom. The second-order valence-corrected chi connectivity index (χ2v) is 5.26. The molecule has 1 aromatic rings. The van der Waals surface area contributed by atoms with Gasteiger partial charge in [0.25, 0.3) is 0 Å². The number of hydrogen-bond acceptors (Lipinski definition) is 3. The number of hydrogen-bond donors (Lipinski definition) is 2. The Bertz CT molecular complexity index is 369. The molecule has 16 heavy (non-hydrogen) atoms. The SMILES string of the molecule is CC(CO)NC(=O)C1Cc2ccccc2S1. The highest BCUT2D eigenvalue weighted by molar-refractivity contribution is 8.01. The lowest BCUT2D eigenvalue weighted by molar-refractivity contribution is -0.121. The van der Waals surface area contributed by atoms with Gasteiger partial charge < -0.3 is 10.4 Å². The van der Waals surface area contributed by atoms with Crippen molar-refractivity contribution >= 4 is 17.7 Å². The summed E-state index contributed by atoms with van der Waals surface area (Å²) in [5.41, 5.74) is 1.24. The third-order valence-corrected chi connectivity index (χ3v) is 3.92. The van der Waals surface area contributed by atoms with Crippen LogP contribution in [0.2, 0.25) is 0 Å². The van der Waals surface area contributed by atoms with Gasteiger partial charge in [0.15, 0.2) is 0 Å². The van der Waals surface area contributed by atoms with Crippen LogP contribution < -0.4 is 5.32 Å². The largest absolute Gasteiger partial charge is 0.394 e. The third kappa shape index (κ3) is 2.39. The van der Waals surface area contributed by atoms with Crippen LogP contribution in [0.15, 0.2) is 29.2 Å². The Labute approximate surface area is 99.2 Å². The fourth-order valence-electron chi connectivity index (χ4n) is 1.71. The van der Waals surface area contributed by atoms with Gasteiger partial charge in [-0.15, -0.1) is 11.8 Å². The van der Waals surface area contributed by atoms with E-state index in [9.17, 15) is 4.79 Å². The van der Waals surface area contributed by atoms with E-state index in [0.29, 0.717) is 0 Å². The zero-order chi connectivity index (χ0) is 11.5. The minimum Gasteiger partial charge on any atom is -0.394 e. The molecule has 1 aliphatic heterocycles. The molecule has 0 aromatic heterocycles. The monoisotopic (exact) mass is 237 g/mol. The molecule has 86 valence electrons. The second kappa shape index (κ2) is 4.89. The van der Waals surface area contributed by atoms with Crippen LogP contribution in [0.3, 0.4) is 0 Å². The van der Waals surface area contributed by atoms with Gasteiger partial charge in [0, 0.05) is 10.9 Å². The second-order valence-electron chi connectivity index (χ2n) is 4.01. The Kier molecular flexibility index (Phi) is 3.51. The van der Waals surface area contributed by atoms with Crippen molar-refractivity contribution in [2.45, 2.75) is 29.5 Å². The molecule has 0 saturated carbocycles. The summed E-state index contributed by atoms with van der Waals surface area (Å²) >= 11 is 1.60. The molecule has 2 N–H and O–H groups in total. The number of thioether (sulfide) groups is 1. The van der Waals surface area contributed by atoms with Gasteiger partial charge in [-0.1, -0.05) is 18.2 Å². The van der Waals surface area contributed by atoms with Gasteiger partial charge in [0.05, 0.1) is 11.9 Å². The van der Waals surface area contributed by atoms with E-state index in [2.05, 4.69) is 11.4 Å². The molecule has 2 rings (SSSR count). The summed E-state index contributed by atoms with van der Waals surface area (Å²) in [6, 6.07) is 7.92. The number of amides is 1. The lowest BCUT2D eigenvalue weighted by atomic mass is 10.1. The molecule has 4 heteroatoms. The van der Waals surface area contributed by atoms with Crippen LogP contribution in [0, 0.1) is 0 Å². The van der Waals surface area contributed by atoms with Crippen LogP contribution in [-0.2, 0) is 11.2 Å². The van der Waals surface area contributed by atoms with E-state index in [4.69, 9.17) is 5.11 Å². The average molecular weight is 237 g/mol. The Morgan fingerprint density at radius 1 is 1.62 bits per heavy atom. The Balaban J connectivity index is 1.98. The van der Waals surface area contributed by atoms with E-state index in [0.717, 1.165) is 6.42 Å². The average Bonchev–Trinajstić information content (AvgIpc) is 2.72. The summed E-state index contributed by atoms with van der Waals surface area (Å²) in [4.78, 5) is 13.0. The molecular weight excluding hydrogens is 222 g/mol. The molecule has 2 unspecified atom stereocenters. The van der Waals surface area contributed by atoms with Gasteiger partial charge in [-0.2, -0.15) is 0 Å². The van der Waals surface area contributed by atoms with E-state index in [1.54, 1.807) is 18.7 Å². The third-order valence-electron chi connectivity index (χ3n) is 2.60. The van der Waals surface area contributed by atoms with Crippen molar-refractivity contribution < 1.29 is 9.90 Å². The van der Waals surface area contributed by atoms with Crippen molar-refractivity contribution in [2.24, 2.45) is 0 Å². The molecule has 0 radical (unpaired) electrons. The number of aliphatic hydroxyl groups excluding tert-OH is 1. The fraction of sp³-hybridized carbons (Fsp3) is 0.417. The van der Waals surface area contributed by atoms with E-state index in [1.165, 1.54) is 10.5 Å². The molecule has 0 aliphatic carbocycles. The van der Waals surface area contributed by atoms with Crippen LogP contribution in [0.5, 0.6) is 0 Å². The topological polar surface area (TPSA) is 49.3 Å². The van der Waals surface area contributed by atoms with Crippen LogP contribution in [0.25, 0.3) is 0 Å². The lowest BCUT2D eigenvalue weighted by Gasteiger charge is -2.14. The highest BCUT2D eigenvalue weighted by atomic mass is 32.2. The first-order chi connectivity index (χ1) is 7.70. The minimum atomic E-state index is -0.170. The molecule has 2 atom stereocenters. The van der Waals surface area contributed by atoms with Crippen molar-refractivity contribution in [3.05, 3.63) is 29.8 Å². The molecule has 1 heterocycles. The molecule has 1 amide bonds. The van der Waals surface area contributed by atoms with E-state index >= 15 is 0 Å². The van der Waals surface area contributed by atoms with Gasteiger partial charge >= 0.3 is 0 Å². The standard InChI is InChI=1S/C12H15NO2S/c1-8(7-14)13-12(15)11-6-9-4-2-3-5-10(9)16-11/h2-5,8,11,14H,6-7H2,1H3,(H,13,15). The number of rotatable bonds is 3. The Hall–Kier alpha value is -1.00. The minimum absolute atomic E-state index is 0.0164. The highest BCUT2D eigenvalue weighted by Gasteiger charge is 2.28. The zero-order valence-corrected chi connectivity index (χ0v) is 9.96. The normalized spacial score (nSPS) is 20.2. The number of benzene rings is 1. The maximum absolute atomic E-state index is 11.8. The summed E-state index contributed by atoms with van der Waals surface area (Å²) in [6.07, 6.45) is 0.783. The van der Waals surface area contributed by atoms with Gasteiger partial charge in [0.2, 0.25) is 5.91 Å². The smallest absolute Gasteiger partial charge is 0.234 e. The Morgan fingerprint density at radius 2 is 2.38 bits per heavy atom. The van der Waals surface area contributed by atoms with Crippen LogP contribution in [0.1, 0.15) is 12.5 Å². The van der Waals surface area contributed by atoms with Gasteiger partial charge in [-0.05, 0) is 25.0 Å². The van der Waals surface area contributed by atoms with E-state index in [-0.39, 0.29) is 23.8 Å². The van der Waals surface area contributed by atoms with Crippen LogP contribution in [0.4, 0.5) is 0 Å². The number of aliphatic hydroxyl groups is 1. The van der Waals surface area contributed by atoms with Crippen molar-refractivity contribution in [3.8, 4) is 0 Å². The summed E-state index contributed by atoms with van der Waals surface area (Å²) < 4.78 is 0. The molecule has 1 aliphatic rings. The van der Waals surface area contributed by atoms with Crippen molar-refractivity contribution in [2.75, 3.05) is 6.61 Å². The highest BCUT2D eigenvalue weighted by Crippen LogP contribution is 2.36. The van der Waals surface area contributed by atoms with Crippen molar-refractivity contribution in [3.63, 3.8) is 0 Å². The first-order valence-electron chi connectivity index (χ1n) is 5.36. The number of nitrogens with one attached hydrogen (secondary N) is 1. The first-order valence-corrected chi connectivity index (χ1v) is 6.24. The van der Waals surface area contributed by atoms with Gasteiger partial charge in [0.1, 0.15) is 0 Å². The molecule has 0 fully saturated rings. The molecule has 3 nitrogen and oxygen atoms in total. The lowest BCUT2D eigenvalue weighted by Crippen LogP contribution is -2.40. The summed E-state index contributed by atoms with van der Waals surface area (Å²) in [5, 5.41) is 11.6. The summed E-state index contributed by atoms with van der Waals surface area (Å²) in [6.45, 7) is 1.78. The van der Waals surface area contributed by atoms with Gasteiger partial charge in [-0.3, -0.25) is 4.79 Å². The predicted molar refractivity (Wildman–Crippen MR) is 64.5 cm³/mol. The maximum atomic E-state index is 11.8. The van der Waals surface area contributed by atoms with Crippen molar-refractivity contribution in [1.29, 1.82) is 0 Å². The maximum Gasteiger partial charge on any atom is 0.234 e. The predicted octanol–water partition coefficient (Wildman–Crippen LogP) is 1.20. The van der Waals surface area contributed by atoms with Crippen molar-refractivity contribution in [1.82, 2.24) is 5.32 Å². The van der Waals surface area contributed by atoms with E-state index in [1.807, 2.05) is 18.2 Å². The summed E-state index contributed by atoms with van der Waals surface area (Å²) in [5.74, 6) is 0.0164. The fourth-order valence-corrected chi connectivity index (χ4v) is 2.91. The number of carbonyl (C=O) groups excluding carboxylic acids is 1. The van der Waals surface area contributed by atoms with Crippen LogP contribution in [-0.4, -0.2) is 28.9 Å². The zero-order valence-electron chi connectivity index (χ0n) is 9.14.